The number of pyridine rings is 1. The Kier molecular flexibility index (Phi) is 4.11. The van der Waals surface area contributed by atoms with E-state index in [2.05, 4.69) is 20.1 Å². The van der Waals surface area contributed by atoms with E-state index in [1.165, 1.54) is 24.8 Å². The first-order valence-corrected chi connectivity index (χ1v) is 9.71. The van der Waals surface area contributed by atoms with Gasteiger partial charge >= 0.3 is 6.18 Å². The van der Waals surface area contributed by atoms with Gasteiger partial charge in [0.05, 0.1) is 28.5 Å². The number of nitrogens with one attached hydrogen (secondary N) is 1. The lowest BCUT2D eigenvalue weighted by Gasteiger charge is -2.30. The number of benzene rings is 1. The summed E-state index contributed by atoms with van der Waals surface area (Å²) in [6.07, 6.45) is 3.22. The molecule has 5 nitrogen and oxygen atoms in total. The molecule has 3 aromatic rings. The lowest BCUT2D eigenvalue weighted by molar-refractivity contribution is -0.137. The highest BCUT2D eigenvalue weighted by Gasteiger charge is 2.41. The van der Waals surface area contributed by atoms with Crippen molar-refractivity contribution in [2.24, 2.45) is 5.16 Å². The van der Waals surface area contributed by atoms with Crippen molar-refractivity contribution < 1.29 is 18.0 Å². The molecular formula is C21H19F3N4O. The smallest absolute Gasteiger partial charge is 0.388 e. The molecule has 2 aliphatic rings. The summed E-state index contributed by atoms with van der Waals surface area (Å²) in [7, 11) is 0. The number of fused-ring (bicyclic) bond motifs is 1. The fourth-order valence-electron chi connectivity index (χ4n) is 4.26. The molecule has 5 rings (SSSR count). The number of nitrogens with zero attached hydrogens (tertiary/aromatic N) is 3. The highest BCUT2D eigenvalue weighted by atomic mass is 19.4. The Morgan fingerprint density at radius 3 is 2.66 bits per heavy atom. The second kappa shape index (κ2) is 6.57. The van der Waals surface area contributed by atoms with Crippen LogP contribution in [-0.2, 0) is 11.0 Å². The predicted octanol–water partition coefficient (Wildman–Crippen LogP) is 5.47. The molecule has 0 unspecified atom stereocenters. The number of rotatable bonds is 2. The molecule has 1 saturated carbocycles. The average Bonchev–Trinajstić information content (AvgIpc) is 3.32. The fraction of sp³-hybridized carbons (Fsp3) is 0.381. The number of H-pyrrole nitrogens is 1. The highest BCUT2D eigenvalue weighted by molar-refractivity contribution is 6.01. The standard InChI is InChI=1S/C21H19F3N4O/c22-21(23,24)14-7-3-2-6-13(14)15-10-16-18(12-25-15)27-19(26-16)17-11-20(29-28-17)8-4-1-5-9-20/h2-3,6-7,10,12H,1,4-5,8-9,11H2,(H,26,27). The van der Waals surface area contributed by atoms with Crippen LogP contribution < -0.4 is 0 Å². The number of aromatic amines is 1. The molecule has 0 atom stereocenters. The van der Waals surface area contributed by atoms with Gasteiger partial charge < -0.3 is 9.82 Å². The van der Waals surface area contributed by atoms with Crippen LogP contribution in [0.25, 0.3) is 22.3 Å². The number of aromatic nitrogens is 3. The zero-order chi connectivity index (χ0) is 20.1. The van der Waals surface area contributed by atoms with Crippen LogP contribution in [0.4, 0.5) is 13.2 Å². The van der Waals surface area contributed by atoms with Crippen molar-refractivity contribution in [3.8, 4) is 11.3 Å². The van der Waals surface area contributed by atoms with Gasteiger partial charge in [-0.15, -0.1) is 0 Å². The molecule has 2 aromatic heterocycles. The summed E-state index contributed by atoms with van der Waals surface area (Å²) < 4.78 is 40.1. The van der Waals surface area contributed by atoms with Crippen molar-refractivity contribution >= 4 is 16.7 Å². The summed E-state index contributed by atoms with van der Waals surface area (Å²) in [5, 5.41) is 4.26. The zero-order valence-corrected chi connectivity index (χ0v) is 15.6. The van der Waals surface area contributed by atoms with Crippen LogP contribution in [0.1, 0.15) is 49.9 Å². The van der Waals surface area contributed by atoms with Gasteiger partial charge in [0.25, 0.3) is 0 Å². The van der Waals surface area contributed by atoms with Crippen LogP contribution in [0.2, 0.25) is 0 Å². The second-order valence-electron chi connectivity index (χ2n) is 7.77. The first kappa shape index (κ1) is 18.1. The summed E-state index contributed by atoms with van der Waals surface area (Å²) >= 11 is 0. The molecule has 3 heterocycles. The third-order valence-corrected chi connectivity index (χ3v) is 5.75. The Morgan fingerprint density at radius 2 is 1.86 bits per heavy atom. The van der Waals surface area contributed by atoms with E-state index in [4.69, 9.17) is 4.84 Å². The van der Waals surface area contributed by atoms with Crippen LogP contribution in [0.15, 0.2) is 41.7 Å². The van der Waals surface area contributed by atoms with Gasteiger partial charge in [-0.2, -0.15) is 13.2 Å². The number of oxime groups is 1. The predicted molar refractivity (Wildman–Crippen MR) is 102 cm³/mol. The Morgan fingerprint density at radius 1 is 1.07 bits per heavy atom. The summed E-state index contributed by atoms with van der Waals surface area (Å²) in [6.45, 7) is 0. The van der Waals surface area contributed by atoms with Gasteiger partial charge in [0.15, 0.2) is 5.82 Å². The summed E-state index contributed by atoms with van der Waals surface area (Å²) in [6, 6.07) is 7.00. The average molecular weight is 400 g/mol. The minimum atomic E-state index is -4.45. The van der Waals surface area contributed by atoms with Crippen LogP contribution in [0, 0.1) is 0 Å². The van der Waals surface area contributed by atoms with E-state index in [-0.39, 0.29) is 16.9 Å². The van der Waals surface area contributed by atoms with E-state index in [9.17, 15) is 13.2 Å². The number of hydrogen-bond acceptors (Lipinski definition) is 4. The molecule has 0 radical (unpaired) electrons. The normalized spacial score (nSPS) is 18.8. The van der Waals surface area contributed by atoms with E-state index >= 15 is 0 Å². The van der Waals surface area contributed by atoms with Gasteiger partial charge in [-0.05, 0) is 37.8 Å². The monoisotopic (exact) mass is 400 g/mol. The highest BCUT2D eigenvalue weighted by Crippen LogP contribution is 2.40. The first-order valence-electron chi connectivity index (χ1n) is 9.71. The molecule has 1 N–H and O–H groups in total. The zero-order valence-electron chi connectivity index (χ0n) is 15.6. The van der Waals surface area contributed by atoms with Crippen molar-refractivity contribution in [3.05, 3.63) is 47.9 Å². The van der Waals surface area contributed by atoms with Crippen molar-refractivity contribution in [2.45, 2.75) is 50.3 Å². The van der Waals surface area contributed by atoms with Crippen LogP contribution in [-0.4, -0.2) is 26.3 Å². The van der Waals surface area contributed by atoms with Crippen LogP contribution in [0.5, 0.6) is 0 Å². The van der Waals surface area contributed by atoms with E-state index in [0.717, 1.165) is 37.5 Å². The Bertz CT molecular complexity index is 1100. The van der Waals surface area contributed by atoms with Gasteiger partial charge in [-0.25, -0.2) is 4.98 Å². The maximum Gasteiger partial charge on any atom is 0.417 e. The fourth-order valence-corrected chi connectivity index (χ4v) is 4.26. The minimum absolute atomic E-state index is 0.0362. The first-order chi connectivity index (χ1) is 13.9. The molecule has 1 spiro atoms. The molecule has 150 valence electrons. The van der Waals surface area contributed by atoms with E-state index in [0.29, 0.717) is 23.3 Å². The molecular weight excluding hydrogens is 381 g/mol. The van der Waals surface area contributed by atoms with Crippen LogP contribution >= 0.6 is 0 Å². The Hall–Kier alpha value is -2.90. The summed E-state index contributed by atoms with van der Waals surface area (Å²) in [5.41, 5.74) is 1.29. The van der Waals surface area contributed by atoms with Gasteiger partial charge in [0, 0.05) is 12.0 Å². The number of halogens is 3. The molecule has 1 aromatic carbocycles. The second-order valence-corrected chi connectivity index (χ2v) is 7.77. The van der Waals surface area contributed by atoms with Crippen molar-refractivity contribution in [2.75, 3.05) is 0 Å². The SMILES string of the molecule is FC(F)(F)c1ccccc1-c1cc2nc(C3=NOC4(CCCCC4)C3)[nH]c2cn1. The quantitative estimate of drug-likeness (QED) is 0.620. The van der Waals surface area contributed by atoms with Crippen molar-refractivity contribution in [1.82, 2.24) is 15.0 Å². The summed E-state index contributed by atoms with van der Waals surface area (Å²) in [5.74, 6) is 0.588. The Labute approximate surface area is 165 Å². The van der Waals surface area contributed by atoms with Gasteiger partial charge in [0.1, 0.15) is 11.3 Å². The van der Waals surface area contributed by atoms with Crippen molar-refractivity contribution in [3.63, 3.8) is 0 Å². The third kappa shape index (κ3) is 3.26. The maximum absolute atomic E-state index is 13.4. The van der Waals surface area contributed by atoms with E-state index in [1.54, 1.807) is 12.1 Å². The largest absolute Gasteiger partial charge is 0.417 e. The molecule has 1 fully saturated rings. The molecule has 0 saturated heterocycles. The lowest BCUT2D eigenvalue weighted by Crippen LogP contribution is -2.31. The van der Waals surface area contributed by atoms with Crippen LogP contribution in [0.3, 0.4) is 0 Å². The topological polar surface area (TPSA) is 63.2 Å². The molecule has 29 heavy (non-hydrogen) atoms. The van der Waals surface area contributed by atoms with E-state index in [1.807, 2.05) is 0 Å². The molecule has 8 heteroatoms. The third-order valence-electron chi connectivity index (χ3n) is 5.75. The van der Waals surface area contributed by atoms with E-state index < -0.39 is 11.7 Å². The molecule has 1 aliphatic carbocycles. The molecule has 0 bridgehead atoms. The lowest BCUT2D eigenvalue weighted by atomic mass is 9.81. The number of imidazole rings is 1. The molecule has 1 aliphatic heterocycles. The maximum atomic E-state index is 13.4. The van der Waals surface area contributed by atoms with Gasteiger partial charge in [0.2, 0.25) is 0 Å². The number of hydrogen-bond donors (Lipinski definition) is 1. The van der Waals surface area contributed by atoms with Gasteiger partial charge in [-0.3, -0.25) is 4.98 Å². The minimum Gasteiger partial charge on any atom is -0.388 e. The molecule has 0 amide bonds. The number of alkyl halides is 3. The Balaban J connectivity index is 1.48. The summed E-state index contributed by atoms with van der Waals surface area (Å²) in [4.78, 5) is 17.7. The van der Waals surface area contributed by atoms with Gasteiger partial charge in [-0.1, -0.05) is 29.8 Å². The van der Waals surface area contributed by atoms with Crippen molar-refractivity contribution in [1.29, 1.82) is 0 Å².